The van der Waals surface area contributed by atoms with Gasteiger partial charge in [-0.1, -0.05) is 5.21 Å². The molecule has 0 bridgehead atoms. The molecule has 17 heavy (non-hydrogen) atoms. The first-order chi connectivity index (χ1) is 8.33. The fourth-order valence-corrected chi connectivity index (χ4v) is 3.16. The molecule has 1 aromatic rings. The van der Waals surface area contributed by atoms with Crippen molar-refractivity contribution in [3.05, 3.63) is 5.82 Å². The number of hydrogen-bond donors (Lipinski definition) is 2. The van der Waals surface area contributed by atoms with Gasteiger partial charge in [0.25, 0.3) is 0 Å². The Balaban J connectivity index is 1.55. The summed E-state index contributed by atoms with van der Waals surface area (Å²) in [6.07, 6.45) is 5.24. The van der Waals surface area contributed by atoms with Crippen molar-refractivity contribution in [2.24, 2.45) is 0 Å². The molecule has 2 aliphatic rings. The van der Waals surface area contributed by atoms with Gasteiger partial charge in [-0.25, -0.2) is 0 Å². The molecule has 0 amide bonds. The lowest BCUT2D eigenvalue weighted by molar-refractivity contribution is 0.161. The zero-order valence-electron chi connectivity index (χ0n) is 10.3. The molecule has 6 nitrogen and oxygen atoms in total. The number of hydrogen-bond acceptors (Lipinski definition) is 5. The van der Waals surface area contributed by atoms with Crippen LogP contribution in [0.4, 0.5) is 0 Å². The Morgan fingerprint density at radius 1 is 1.41 bits per heavy atom. The molecule has 2 N–H and O–H groups in total. The predicted octanol–water partition coefficient (Wildman–Crippen LogP) is 0.477. The number of aromatic nitrogens is 4. The van der Waals surface area contributed by atoms with E-state index in [9.17, 15) is 0 Å². The molecule has 3 atom stereocenters. The second-order valence-corrected chi connectivity index (χ2v) is 5.21. The van der Waals surface area contributed by atoms with Crippen LogP contribution in [0.15, 0.2) is 0 Å². The molecule has 0 aromatic carbocycles. The third-order valence-electron chi connectivity index (χ3n) is 4.06. The maximum absolute atomic E-state index is 4.03. The number of piperidine rings is 1. The summed E-state index contributed by atoms with van der Waals surface area (Å²) >= 11 is 0. The average Bonchev–Trinajstić information content (AvgIpc) is 2.99. The van der Waals surface area contributed by atoms with E-state index >= 15 is 0 Å². The van der Waals surface area contributed by atoms with Crippen LogP contribution < -0.4 is 5.32 Å². The van der Waals surface area contributed by atoms with E-state index in [0.717, 1.165) is 11.9 Å². The highest BCUT2D eigenvalue weighted by Gasteiger charge is 2.32. The van der Waals surface area contributed by atoms with Gasteiger partial charge in [0, 0.05) is 12.1 Å². The number of rotatable bonds is 3. The van der Waals surface area contributed by atoms with Crippen LogP contribution in [0.3, 0.4) is 0 Å². The van der Waals surface area contributed by atoms with E-state index in [0.29, 0.717) is 6.04 Å². The van der Waals surface area contributed by atoms with Crippen molar-refractivity contribution in [3.63, 3.8) is 0 Å². The SMILES string of the molecule is CC(NC1CCN2CCCC2C1)c1nn[nH]n1. The first-order valence-corrected chi connectivity index (χ1v) is 6.56. The minimum Gasteiger partial charge on any atom is -0.304 e. The molecule has 3 unspecified atom stereocenters. The normalized spacial score (nSPS) is 31.4. The lowest BCUT2D eigenvalue weighted by atomic mass is 9.97. The standard InChI is InChI=1S/C11H20N6/c1-8(11-13-15-16-14-11)12-9-4-6-17-5-2-3-10(17)7-9/h8-10,12H,2-7H2,1H3,(H,13,14,15,16). The van der Waals surface area contributed by atoms with Gasteiger partial charge >= 0.3 is 0 Å². The van der Waals surface area contributed by atoms with Gasteiger partial charge in [-0.15, -0.1) is 10.2 Å². The molecular formula is C11H20N6. The number of tetrazole rings is 1. The summed E-state index contributed by atoms with van der Waals surface area (Å²) in [5.41, 5.74) is 0. The highest BCUT2D eigenvalue weighted by Crippen LogP contribution is 2.27. The number of aromatic amines is 1. The first kappa shape index (κ1) is 11.1. The van der Waals surface area contributed by atoms with Crippen LogP contribution in [-0.4, -0.2) is 50.7 Å². The Morgan fingerprint density at radius 3 is 3.18 bits per heavy atom. The minimum atomic E-state index is 0.187. The summed E-state index contributed by atoms with van der Waals surface area (Å²) in [6, 6.07) is 1.59. The van der Waals surface area contributed by atoms with Crippen LogP contribution >= 0.6 is 0 Å². The predicted molar refractivity (Wildman–Crippen MR) is 63.3 cm³/mol. The second kappa shape index (κ2) is 4.70. The van der Waals surface area contributed by atoms with Gasteiger partial charge in [0.2, 0.25) is 0 Å². The van der Waals surface area contributed by atoms with Gasteiger partial charge in [-0.3, -0.25) is 0 Å². The van der Waals surface area contributed by atoms with Crippen molar-refractivity contribution < 1.29 is 0 Å². The molecule has 6 heteroatoms. The van der Waals surface area contributed by atoms with Crippen molar-refractivity contribution in [1.82, 2.24) is 30.8 Å². The summed E-state index contributed by atoms with van der Waals surface area (Å²) < 4.78 is 0. The van der Waals surface area contributed by atoms with Crippen LogP contribution in [-0.2, 0) is 0 Å². The van der Waals surface area contributed by atoms with Crippen molar-refractivity contribution in [2.75, 3.05) is 13.1 Å². The molecule has 94 valence electrons. The molecule has 0 spiro atoms. The smallest absolute Gasteiger partial charge is 0.191 e. The van der Waals surface area contributed by atoms with E-state index in [1.165, 1.54) is 38.8 Å². The van der Waals surface area contributed by atoms with Gasteiger partial charge < -0.3 is 10.2 Å². The van der Waals surface area contributed by atoms with Crippen molar-refractivity contribution in [3.8, 4) is 0 Å². The highest BCUT2D eigenvalue weighted by molar-refractivity contribution is 4.93. The molecule has 0 saturated carbocycles. The van der Waals surface area contributed by atoms with E-state index in [2.05, 4.69) is 37.8 Å². The van der Waals surface area contributed by atoms with E-state index in [-0.39, 0.29) is 6.04 Å². The number of nitrogens with one attached hydrogen (secondary N) is 2. The molecule has 0 aliphatic carbocycles. The molecule has 3 rings (SSSR count). The highest BCUT2D eigenvalue weighted by atomic mass is 15.5. The first-order valence-electron chi connectivity index (χ1n) is 6.56. The van der Waals surface area contributed by atoms with Gasteiger partial charge in [-0.05, 0) is 45.7 Å². The Hall–Kier alpha value is -1.01. The lowest BCUT2D eigenvalue weighted by Crippen LogP contribution is -2.46. The van der Waals surface area contributed by atoms with Crippen LogP contribution in [0.1, 0.15) is 44.5 Å². The summed E-state index contributed by atoms with van der Waals surface area (Å²) in [5.74, 6) is 0.763. The quantitative estimate of drug-likeness (QED) is 0.798. The third-order valence-corrected chi connectivity index (χ3v) is 4.06. The fraction of sp³-hybridized carbons (Fsp3) is 0.909. The van der Waals surface area contributed by atoms with Crippen molar-refractivity contribution >= 4 is 0 Å². The number of nitrogens with zero attached hydrogens (tertiary/aromatic N) is 4. The van der Waals surface area contributed by atoms with Gasteiger partial charge in [-0.2, -0.15) is 5.21 Å². The van der Waals surface area contributed by atoms with E-state index in [1.54, 1.807) is 0 Å². The topological polar surface area (TPSA) is 69.7 Å². The third kappa shape index (κ3) is 2.32. The summed E-state index contributed by atoms with van der Waals surface area (Å²) in [6.45, 7) is 4.64. The van der Waals surface area contributed by atoms with E-state index < -0.39 is 0 Å². The minimum absolute atomic E-state index is 0.187. The molecular weight excluding hydrogens is 216 g/mol. The number of fused-ring (bicyclic) bond motifs is 1. The largest absolute Gasteiger partial charge is 0.304 e. The Kier molecular flexibility index (Phi) is 3.07. The maximum atomic E-state index is 4.03. The summed E-state index contributed by atoms with van der Waals surface area (Å²) in [5, 5.41) is 17.8. The Labute approximate surface area is 101 Å². The zero-order valence-corrected chi connectivity index (χ0v) is 10.3. The van der Waals surface area contributed by atoms with Crippen molar-refractivity contribution in [1.29, 1.82) is 0 Å². The zero-order chi connectivity index (χ0) is 11.7. The molecule has 3 heterocycles. The van der Waals surface area contributed by atoms with Crippen LogP contribution in [0.2, 0.25) is 0 Å². The molecule has 2 fully saturated rings. The fourth-order valence-electron chi connectivity index (χ4n) is 3.16. The van der Waals surface area contributed by atoms with Crippen LogP contribution in [0.5, 0.6) is 0 Å². The van der Waals surface area contributed by atoms with Gasteiger partial charge in [0.15, 0.2) is 5.82 Å². The Bertz CT molecular complexity index is 351. The molecule has 0 radical (unpaired) electrons. The molecule has 2 aliphatic heterocycles. The lowest BCUT2D eigenvalue weighted by Gasteiger charge is -2.36. The van der Waals surface area contributed by atoms with Gasteiger partial charge in [0.05, 0.1) is 6.04 Å². The van der Waals surface area contributed by atoms with Crippen LogP contribution in [0.25, 0.3) is 0 Å². The maximum Gasteiger partial charge on any atom is 0.191 e. The van der Waals surface area contributed by atoms with Crippen molar-refractivity contribution in [2.45, 2.75) is 50.7 Å². The average molecular weight is 236 g/mol. The second-order valence-electron chi connectivity index (χ2n) is 5.21. The van der Waals surface area contributed by atoms with Crippen LogP contribution in [0, 0.1) is 0 Å². The molecule has 1 aromatic heterocycles. The summed E-state index contributed by atoms with van der Waals surface area (Å²) in [7, 11) is 0. The van der Waals surface area contributed by atoms with E-state index in [1.807, 2.05) is 0 Å². The van der Waals surface area contributed by atoms with E-state index in [4.69, 9.17) is 0 Å². The summed E-state index contributed by atoms with van der Waals surface area (Å²) in [4.78, 5) is 2.64. The number of H-pyrrole nitrogens is 1. The molecule has 2 saturated heterocycles. The van der Waals surface area contributed by atoms with Gasteiger partial charge in [0.1, 0.15) is 0 Å². The monoisotopic (exact) mass is 236 g/mol. The Morgan fingerprint density at radius 2 is 2.35 bits per heavy atom.